The van der Waals surface area contributed by atoms with Gasteiger partial charge >= 0.3 is 0 Å². The Balaban J connectivity index is 1.72. The van der Waals surface area contributed by atoms with Gasteiger partial charge in [0.2, 0.25) is 5.91 Å². The van der Waals surface area contributed by atoms with Crippen molar-refractivity contribution >= 4 is 11.9 Å². The summed E-state index contributed by atoms with van der Waals surface area (Å²) in [5.41, 5.74) is 0. The van der Waals surface area contributed by atoms with Gasteiger partial charge in [-0.05, 0) is 44.4 Å². The molecule has 2 unspecified atom stereocenters. The van der Waals surface area contributed by atoms with Crippen LogP contribution in [0.4, 0.5) is 0 Å². The quantitative estimate of drug-likeness (QED) is 0.590. The van der Waals surface area contributed by atoms with Crippen LogP contribution in [0.5, 0.6) is 0 Å². The molecule has 0 aromatic carbocycles. The Hall–Kier alpha value is -1.30. The first kappa shape index (κ1) is 19.0. The molecule has 1 aliphatic carbocycles. The van der Waals surface area contributed by atoms with Crippen LogP contribution < -0.4 is 10.6 Å². The number of hydrogen-bond acceptors (Lipinski definition) is 3. The van der Waals surface area contributed by atoms with Crippen LogP contribution in [0.3, 0.4) is 0 Å². The molecule has 1 heterocycles. The second-order valence-corrected chi connectivity index (χ2v) is 7.28. The molecule has 0 radical (unpaired) electrons. The fraction of sp³-hybridized carbons (Fsp3) is 0.889. The van der Waals surface area contributed by atoms with Gasteiger partial charge in [0.15, 0.2) is 5.96 Å². The van der Waals surface area contributed by atoms with Gasteiger partial charge in [-0.3, -0.25) is 9.79 Å². The van der Waals surface area contributed by atoms with Crippen molar-refractivity contribution in [2.75, 3.05) is 40.9 Å². The number of ether oxygens (including phenoxy) is 1. The second-order valence-electron chi connectivity index (χ2n) is 7.28. The highest BCUT2D eigenvalue weighted by Crippen LogP contribution is 2.25. The van der Waals surface area contributed by atoms with Gasteiger partial charge in [0, 0.05) is 52.9 Å². The lowest BCUT2D eigenvalue weighted by Gasteiger charge is -2.31. The van der Waals surface area contributed by atoms with Crippen molar-refractivity contribution in [3.05, 3.63) is 0 Å². The molecule has 0 aromatic heterocycles. The fourth-order valence-electron chi connectivity index (χ4n) is 3.73. The van der Waals surface area contributed by atoms with Crippen molar-refractivity contribution in [3.8, 4) is 0 Å². The lowest BCUT2D eigenvalue weighted by molar-refractivity contribution is -0.134. The molecule has 0 aromatic rings. The van der Waals surface area contributed by atoms with Crippen LogP contribution in [0.1, 0.15) is 44.9 Å². The Bertz CT molecular complexity index is 419. The number of hydrogen-bond donors (Lipinski definition) is 2. The molecule has 2 aliphatic rings. The summed E-state index contributed by atoms with van der Waals surface area (Å²) in [6.45, 7) is 2.75. The number of nitrogens with zero attached hydrogens (tertiary/aromatic N) is 2. The monoisotopic (exact) mass is 338 g/mol. The standard InChI is InChI=1S/C18H34N4O2/c1-19-18(20-10-7-14-8-11-24-12-9-14)21-16-6-4-5-15(13-16)17(23)22(2)3/h14-16H,4-13H2,1-3H3,(H2,19,20,21). The summed E-state index contributed by atoms with van der Waals surface area (Å²) in [6, 6.07) is 0.335. The smallest absolute Gasteiger partial charge is 0.225 e. The van der Waals surface area contributed by atoms with Gasteiger partial charge in [-0.15, -0.1) is 0 Å². The first-order chi connectivity index (χ1) is 11.6. The van der Waals surface area contributed by atoms with E-state index in [1.54, 1.807) is 4.90 Å². The SMILES string of the molecule is CN=C(NCCC1CCOCC1)NC1CCCC(C(=O)N(C)C)C1. The highest BCUT2D eigenvalue weighted by atomic mass is 16.5. The molecule has 2 atom stereocenters. The van der Waals surface area contributed by atoms with E-state index < -0.39 is 0 Å². The number of guanidine groups is 1. The molecule has 1 saturated heterocycles. The van der Waals surface area contributed by atoms with Gasteiger partial charge in [-0.1, -0.05) is 6.42 Å². The van der Waals surface area contributed by atoms with Gasteiger partial charge in [0.1, 0.15) is 0 Å². The molecule has 6 nitrogen and oxygen atoms in total. The lowest BCUT2D eigenvalue weighted by Crippen LogP contribution is -2.47. The zero-order valence-corrected chi connectivity index (χ0v) is 15.5. The average molecular weight is 338 g/mol. The van der Waals surface area contributed by atoms with Crippen molar-refractivity contribution in [3.63, 3.8) is 0 Å². The molecule has 1 saturated carbocycles. The Morgan fingerprint density at radius 3 is 2.62 bits per heavy atom. The number of carbonyl (C=O) groups is 1. The molecule has 0 bridgehead atoms. The molecule has 2 fully saturated rings. The topological polar surface area (TPSA) is 66.0 Å². The largest absolute Gasteiger partial charge is 0.381 e. The first-order valence-corrected chi connectivity index (χ1v) is 9.36. The third-order valence-electron chi connectivity index (χ3n) is 5.21. The molecule has 2 rings (SSSR count). The molecule has 0 spiro atoms. The van der Waals surface area contributed by atoms with E-state index in [1.165, 1.54) is 12.8 Å². The van der Waals surface area contributed by atoms with E-state index in [-0.39, 0.29) is 11.8 Å². The second kappa shape index (κ2) is 9.87. The van der Waals surface area contributed by atoms with Crippen LogP contribution in [-0.2, 0) is 9.53 Å². The maximum Gasteiger partial charge on any atom is 0.225 e. The van der Waals surface area contributed by atoms with Crippen molar-refractivity contribution in [1.82, 2.24) is 15.5 Å². The number of nitrogens with one attached hydrogen (secondary N) is 2. The maximum absolute atomic E-state index is 12.2. The molecule has 1 aliphatic heterocycles. The van der Waals surface area contributed by atoms with Gasteiger partial charge in [-0.2, -0.15) is 0 Å². The molecular formula is C18H34N4O2. The van der Waals surface area contributed by atoms with E-state index in [0.717, 1.165) is 63.7 Å². The van der Waals surface area contributed by atoms with Crippen LogP contribution in [0, 0.1) is 11.8 Å². The fourth-order valence-corrected chi connectivity index (χ4v) is 3.73. The van der Waals surface area contributed by atoms with Crippen molar-refractivity contribution in [1.29, 1.82) is 0 Å². The van der Waals surface area contributed by atoms with Gasteiger partial charge in [0.25, 0.3) is 0 Å². The maximum atomic E-state index is 12.2. The van der Waals surface area contributed by atoms with E-state index in [2.05, 4.69) is 15.6 Å². The first-order valence-electron chi connectivity index (χ1n) is 9.36. The minimum atomic E-state index is 0.145. The van der Waals surface area contributed by atoms with Crippen LogP contribution in [0.15, 0.2) is 4.99 Å². The normalized spacial score (nSPS) is 26.0. The van der Waals surface area contributed by atoms with Crippen molar-refractivity contribution < 1.29 is 9.53 Å². The molecular weight excluding hydrogens is 304 g/mol. The van der Waals surface area contributed by atoms with Crippen LogP contribution in [0.2, 0.25) is 0 Å². The van der Waals surface area contributed by atoms with Gasteiger partial charge in [0.05, 0.1) is 0 Å². The third-order valence-corrected chi connectivity index (χ3v) is 5.21. The van der Waals surface area contributed by atoms with Crippen LogP contribution >= 0.6 is 0 Å². The molecule has 1 amide bonds. The summed E-state index contributed by atoms with van der Waals surface area (Å²) in [6.07, 6.45) is 7.62. The summed E-state index contributed by atoms with van der Waals surface area (Å²) in [4.78, 5) is 18.2. The number of rotatable bonds is 5. The Labute approximate surface area is 146 Å². The van der Waals surface area contributed by atoms with Crippen LogP contribution in [-0.4, -0.2) is 63.7 Å². The zero-order chi connectivity index (χ0) is 17.4. The van der Waals surface area contributed by atoms with Crippen molar-refractivity contribution in [2.45, 2.75) is 51.0 Å². The molecule has 138 valence electrons. The van der Waals surface area contributed by atoms with E-state index in [9.17, 15) is 4.79 Å². The molecule has 24 heavy (non-hydrogen) atoms. The summed E-state index contributed by atoms with van der Waals surface area (Å²) in [5.74, 6) is 2.03. The third kappa shape index (κ3) is 5.96. The van der Waals surface area contributed by atoms with E-state index in [4.69, 9.17) is 4.74 Å². The number of aliphatic imine (C=N–C) groups is 1. The summed E-state index contributed by atoms with van der Waals surface area (Å²) in [5, 5.41) is 6.94. The Morgan fingerprint density at radius 2 is 1.96 bits per heavy atom. The van der Waals surface area contributed by atoms with Gasteiger partial charge in [-0.25, -0.2) is 0 Å². The lowest BCUT2D eigenvalue weighted by atomic mass is 9.85. The average Bonchev–Trinajstić information content (AvgIpc) is 2.61. The van der Waals surface area contributed by atoms with Crippen molar-refractivity contribution in [2.24, 2.45) is 16.8 Å². The summed E-state index contributed by atoms with van der Waals surface area (Å²) < 4.78 is 5.41. The van der Waals surface area contributed by atoms with Gasteiger partial charge < -0.3 is 20.3 Å². The minimum absolute atomic E-state index is 0.145. The zero-order valence-electron chi connectivity index (χ0n) is 15.5. The van der Waals surface area contributed by atoms with E-state index in [1.807, 2.05) is 21.1 Å². The minimum Gasteiger partial charge on any atom is -0.381 e. The van der Waals surface area contributed by atoms with Crippen LogP contribution in [0.25, 0.3) is 0 Å². The highest BCUT2D eigenvalue weighted by molar-refractivity contribution is 5.80. The predicted octanol–water partition coefficient (Wildman–Crippen LogP) is 1.62. The number of amides is 1. The Kier molecular flexibility index (Phi) is 7.82. The highest BCUT2D eigenvalue weighted by Gasteiger charge is 2.28. The molecule has 2 N–H and O–H groups in total. The van der Waals surface area contributed by atoms with E-state index >= 15 is 0 Å². The number of carbonyl (C=O) groups excluding carboxylic acids is 1. The van der Waals surface area contributed by atoms with E-state index in [0.29, 0.717) is 6.04 Å². The Morgan fingerprint density at radius 1 is 1.21 bits per heavy atom. The molecule has 6 heteroatoms. The summed E-state index contributed by atoms with van der Waals surface area (Å²) >= 11 is 0. The predicted molar refractivity (Wildman–Crippen MR) is 97.1 cm³/mol. The summed E-state index contributed by atoms with van der Waals surface area (Å²) in [7, 11) is 5.50.